The van der Waals surface area contributed by atoms with Gasteiger partial charge in [-0.2, -0.15) is 0 Å². The Labute approximate surface area is 186 Å². The summed E-state index contributed by atoms with van der Waals surface area (Å²) in [5.74, 6) is 0.0564. The molecule has 1 saturated heterocycles. The number of nitrogens with one attached hydrogen (secondary N) is 1. The van der Waals surface area contributed by atoms with E-state index in [2.05, 4.69) is 56.2 Å². The first-order valence-electron chi connectivity index (χ1n) is 10.8. The summed E-state index contributed by atoms with van der Waals surface area (Å²) in [4.78, 5) is 20.4. The number of fused-ring (bicyclic) bond motifs is 1. The molecule has 0 aliphatic carbocycles. The second kappa shape index (κ2) is 8.92. The van der Waals surface area contributed by atoms with E-state index in [0.717, 1.165) is 31.7 Å². The zero-order valence-corrected chi connectivity index (χ0v) is 18.7. The molecule has 4 nitrogen and oxygen atoms in total. The van der Waals surface area contributed by atoms with Crippen molar-refractivity contribution in [1.82, 2.24) is 4.90 Å². The average molecular weight is 438 g/mol. The fourth-order valence-corrected chi connectivity index (χ4v) is 6.39. The van der Waals surface area contributed by atoms with Gasteiger partial charge in [-0.3, -0.25) is 9.69 Å². The number of carbonyl (C=O) groups is 1. The Morgan fingerprint density at radius 2 is 1.80 bits per heavy atom. The number of piperidine rings is 1. The van der Waals surface area contributed by atoms with Gasteiger partial charge in [0.1, 0.15) is 0 Å². The van der Waals surface area contributed by atoms with Crippen molar-refractivity contribution in [2.75, 3.05) is 36.4 Å². The lowest BCUT2D eigenvalue weighted by Gasteiger charge is -2.34. The maximum Gasteiger partial charge on any atom is 0.238 e. The van der Waals surface area contributed by atoms with E-state index in [1.807, 2.05) is 23.5 Å². The van der Waals surface area contributed by atoms with Crippen LogP contribution < -0.4 is 10.2 Å². The SMILES string of the molecule is O=C(CN1CCc2sccc2[C@@H]1c1cccs1)Nc1ccc(N2CCCCC2)cc1. The average Bonchev–Trinajstić information content (AvgIpc) is 3.47. The second-order valence-electron chi connectivity index (χ2n) is 8.08. The molecule has 6 heteroatoms. The Morgan fingerprint density at radius 3 is 2.57 bits per heavy atom. The summed E-state index contributed by atoms with van der Waals surface area (Å²) in [7, 11) is 0. The van der Waals surface area contributed by atoms with Crippen LogP contribution >= 0.6 is 22.7 Å². The standard InChI is InChI=1S/C24H27N3OS2/c28-23(25-18-6-8-19(9-7-18)26-12-2-1-3-13-26)17-27-14-10-21-20(11-16-30-21)24(27)22-5-4-15-29-22/h4-9,11,15-16,24H,1-3,10,12-14,17H2,(H,25,28)/t24-/m1/s1. The minimum absolute atomic E-state index is 0.0564. The van der Waals surface area contributed by atoms with Crippen molar-refractivity contribution in [3.8, 4) is 0 Å². The molecule has 156 valence electrons. The minimum atomic E-state index is 0.0564. The Balaban J connectivity index is 1.26. The van der Waals surface area contributed by atoms with Gasteiger partial charge in [-0.25, -0.2) is 0 Å². The molecule has 0 radical (unpaired) electrons. The second-order valence-corrected chi connectivity index (χ2v) is 10.1. The fraction of sp³-hybridized carbons (Fsp3) is 0.375. The van der Waals surface area contributed by atoms with E-state index in [0.29, 0.717) is 6.54 Å². The molecule has 0 unspecified atom stereocenters. The van der Waals surface area contributed by atoms with Crippen LogP contribution in [-0.4, -0.2) is 37.0 Å². The molecule has 2 aliphatic heterocycles. The third kappa shape index (κ3) is 4.17. The van der Waals surface area contributed by atoms with Crippen LogP contribution in [0.5, 0.6) is 0 Å². The lowest BCUT2D eigenvalue weighted by Crippen LogP contribution is -2.40. The fourth-order valence-electron chi connectivity index (χ4n) is 4.61. The topological polar surface area (TPSA) is 35.6 Å². The van der Waals surface area contributed by atoms with Gasteiger partial charge in [0.15, 0.2) is 0 Å². The summed E-state index contributed by atoms with van der Waals surface area (Å²) in [5.41, 5.74) is 3.50. The largest absolute Gasteiger partial charge is 0.372 e. The molecule has 0 spiro atoms. The van der Waals surface area contributed by atoms with Gasteiger partial charge in [0, 0.05) is 40.8 Å². The molecule has 1 atom stereocenters. The van der Waals surface area contributed by atoms with Gasteiger partial charge in [-0.1, -0.05) is 6.07 Å². The van der Waals surface area contributed by atoms with Gasteiger partial charge in [-0.05, 0) is 78.4 Å². The molecule has 1 fully saturated rings. The van der Waals surface area contributed by atoms with Crippen molar-refractivity contribution in [1.29, 1.82) is 0 Å². The molecule has 0 saturated carbocycles. The molecule has 1 amide bonds. The molecule has 5 rings (SSSR count). The summed E-state index contributed by atoms with van der Waals surface area (Å²) in [6.07, 6.45) is 4.89. The molecule has 30 heavy (non-hydrogen) atoms. The first-order chi connectivity index (χ1) is 14.8. The Bertz CT molecular complexity index is 974. The number of rotatable bonds is 5. The van der Waals surface area contributed by atoms with Gasteiger partial charge in [0.2, 0.25) is 5.91 Å². The molecule has 1 aromatic carbocycles. The third-order valence-corrected chi connectivity index (χ3v) is 8.02. The van der Waals surface area contributed by atoms with E-state index < -0.39 is 0 Å². The minimum Gasteiger partial charge on any atom is -0.372 e. The lowest BCUT2D eigenvalue weighted by molar-refractivity contribution is -0.117. The van der Waals surface area contributed by atoms with Crippen LogP contribution in [-0.2, 0) is 11.2 Å². The number of nitrogens with zero attached hydrogens (tertiary/aromatic N) is 2. The Morgan fingerprint density at radius 1 is 0.967 bits per heavy atom. The third-order valence-electron chi connectivity index (χ3n) is 6.10. The summed E-state index contributed by atoms with van der Waals surface area (Å²) in [6, 6.07) is 15.0. The van der Waals surface area contributed by atoms with Crippen LogP contribution in [0.1, 0.15) is 40.6 Å². The van der Waals surface area contributed by atoms with Crippen LogP contribution in [0.4, 0.5) is 11.4 Å². The molecule has 3 aromatic rings. The van der Waals surface area contributed by atoms with Crippen molar-refractivity contribution >= 4 is 40.0 Å². The van der Waals surface area contributed by atoms with Crippen molar-refractivity contribution in [3.63, 3.8) is 0 Å². The highest BCUT2D eigenvalue weighted by Gasteiger charge is 2.31. The molecule has 1 N–H and O–H groups in total. The van der Waals surface area contributed by atoms with E-state index in [-0.39, 0.29) is 11.9 Å². The van der Waals surface area contributed by atoms with E-state index in [1.54, 1.807) is 11.3 Å². The summed E-state index contributed by atoms with van der Waals surface area (Å²) < 4.78 is 0. The normalized spacial score (nSPS) is 19.5. The van der Waals surface area contributed by atoms with Crippen molar-refractivity contribution in [3.05, 3.63) is 68.5 Å². The van der Waals surface area contributed by atoms with Crippen LogP contribution in [0.2, 0.25) is 0 Å². The van der Waals surface area contributed by atoms with Crippen molar-refractivity contribution < 1.29 is 4.79 Å². The maximum atomic E-state index is 12.9. The lowest BCUT2D eigenvalue weighted by atomic mass is 9.98. The van der Waals surface area contributed by atoms with Gasteiger partial charge in [0.25, 0.3) is 0 Å². The molecular formula is C24H27N3OS2. The van der Waals surface area contributed by atoms with E-state index in [4.69, 9.17) is 0 Å². The number of benzene rings is 1. The number of anilines is 2. The number of thiophene rings is 2. The molecule has 2 aliphatic rings. The zero-order valence-electron chi connectivity index (χ0n) is 17.0. The van der Waals surface area contributed by atoms with E-state index in [9.17, 15) is 4.79 Å². The molecular weight excluding hydrogens is 410 g/mol. The van der Waals surface area contributed by atoms with Crippen molar-refractivity contribution in [2.24, 2.45) is 0 Å². The molecule has 2 aromatic heterocycles. The Kier molecular flexibility index (Phi) is 5.88. The quantitative estimate of drug-likeness (QED) is 0.582. The predicted octanol–water partition coefficient (Wildman–Crippen LogP) is 5.39. The van der Waals surface area contributed by atoms with Crippen LogP contribution in [0, 0.1) is 0 Å². The predicted molar refractivity (Wildman–Crippen MR) is 127 cm³/mol. The molecule has 4 heterocycles. The van der Waals surface area contributed by atoms with Gasteiger partial charge < -0.3 is 10.2 Å². The highest BCUT2D eigenvalue weighted by atomic mass is 32.1. The van der Waals surface area contributed by atoms with Gasteiger partial charge in [0.05, 0.1) is 12.6 Å². The van der Waals surface area contributed by atoms with Crippen LogP contribution in [0.25, 0.3) is 0 Å². The number of amides is 1. The van der Waals surface area contributed by atoms with E-state index >= 15 is 0 Å². The summed E-state index contributed by atoms with van der Waals surface area (Å²) >= 11 is 3.61. The highest BCUT2D eigenvalue weighted by Crippen LogP contribution is 2.39. The Hall–Kier alpha value is -2.15. The highest BCUT2D eigenvalue weighted by molar-refractivity contribution is 7.10. The molecule has 0 bridgehead atoms. The number of hydrogen-bond acceptors (Lipinski definition) is 5. The maximum absolute atomic E-state index is 12.9. The smallest absolute Gasteiger partial charge is 0.238 e. The first kappa shape index (κ1) is 19.8. The van der Waals surface area contributed by atoms with Crippen LogP contribution in [0.3, 0.4) is 0 Å². The van der Waals surface area contributed by atoms with Gasteiger partial charge >= 0.3 is 0 Å². The van der Waals surface area contributed by atoms with Crippen molar-refractivity contribution in [2.45, 2.75) is 31.7 Å². The monoisotopic (exact) mass is 437 g/mol. The van der Waals surface area contributed by atoms with Crippen LogP contribution in [0.15, 0.2) is 53.2 Å². The summed E-state index contributed by atoms with van der Waals surface area (Å²) in [5, 5.41) is 7.41. The van der Waals surface area contributed by atoms with E-state index in [1.165, 1.54) is 40.3 Å². The van der Waals surface area contributed by atoms with Gasteiger partial charge in [-0.15, -0.1) is 22.7 Å². The number of hydrogen-bond donors (Lipinski definition) is 1. The summed E-state index contributed by atoms with van der Waals surface area (Å²) in [6.45, 7) is 3.59. The first-order valence-corrected chi connectivity index (χ1v) is 12.5. The zero-order chi connectivity index (χ0) is 20.3. The number of carbonyl (C=O) groups excluding carboxylic acids is 1.